The highest BCUT2D eigenvalue weighted by Gasteiger charge is 2.53. The minimum atomic E-state index is -0.282. The summed E-state index contributed by atoms with van der Waals surface area (Å²) in [6, 6.07) is 21.1. The average molecular weight is 305 g/mol. The number of piperidine rings is 1. The van der Waals surface area contributed by atoms with Crippen molar-refractivity contribution in [1.29, 1.82) is 0 Å². The van der Waals surface area contributed by atoms with Crippen LogP contribution in [-0.4, -0.2) is 5.78 Å². The summed E-state index contributed by atoms with van der Waals surface area (Å²) in [6.07, 6.45) is 3.13. The maximum atomic E-state index is 13.3. The number of fused-ring (bicyclic) bond motifs is 2. The van der Waals surface area contributed by atoms with Crippen LogP contribution in [0.1, 0.15) is 49.4 Å². The Labute approximate surface area is 137 Å². The summed E-state index contributed by atoms with van der Waals surface area (Å²) < 4.78 is 0. The van der Waals surface area contributed by atoms with Crippen molar-refractivity contribution in [3.05, 3.63) is 71.8 Å². The van der Waals surface area contributed by atoms with Crippen LogP contribution in [0.5, 0.6) is 0 Å². The van der Waals surface area contributed by atoms with Crippen LogP contribution in [0.25, 0.3) is 0 Å². The Hall–Kier alpha value is -1.93. The van der Waals surface area contributed by atoms with Gasteiger partial charge in [0.05, 0.1) is 0 Å². The molecule has 1 heterocycles. The third-order valence-electron chi connectivity index (χ3n) is 5.79. The number of rotatable bonds is 2. The molecule has 0 spiro atoms. The highest BCUT2D eigenvalue weighted by molar-refractivity contribution is 5.90. The van der Waals surface area contributed by atoms with Gasteiger partial charge < -0.3 is 5.32 Å². The van der Waals surface area contributed by atoms with Crippen molar-refractivity contribution >= 4 is 5.78 Å². The van der Waals surface area contributed by atoms with E-state index in [1.807, 2.05) is 12.1 Å². The monoisotopic (exact) mass is 305 g/mol. The highest BCUT2D eigenvalue weighted by atomic mass is 16.1. The van der Waals surface area contributed by atoms with Crippen LogP contribution in [0.3, 0.4) is 0 Å². The first-order valence-corrected chi connectivity index (χ1v) is 8.60. The van der Waals surface area contributed by atoms with Crippen LogP contribution in [0.4, 0.5) is 0 Å². The summed E-state index contributed by atoms with van der Waals surface area (Å²) in [5.41, 5.74) is 2.18. The van der Waals surface area contributed by atoms with Crippen molar-refractivity contribution < 1.29 is 4.79 Å². The summed E-state index contributed by atoms with van der Waals surface area (Å²) in [5, 5.41) is 3.84. The second-order valence-corrected chi connectivity index (χ2v) is 7.18. The first kappa shape index (κ1) is 14.6. The first-order valence-electron chi connectivity index (χ1n) is 8.60. The lowest BCUT2D eigenvalue weighted by Gasteiger charge is -2.51. The fourth-order valence-electron chi connectivity index (χ4n) is 4.55. The molecule has 1 aliphatic heterocycles. The zero-order valence-electron chi connectivity index (χ0n) is 13.5. The molecule has 4 atom stereocenters. The molecular formula is C21H23NO. The van der Waals surface area contributed by atoms with E-state index in [1.165, 1.54) is 11.1 Å². The predicted octanol–water partition coefficient (Wildman–Crippen LogP) is 4.45. The van der Waals surface area contributed by atoms with E-state index < -0.39 is 0 Å². The van der Waals surface area contributed by atoms with Crippen molar-refractivity contribution in [3.8, 4) is 0 Å². The zero-order valence-corrected chi connectivity index (χ0v) is 13.5. The number of hydrogen-bond acceptors (Lipinski definition) is 2. The fraction of sp³-hybridized carbons (Fsp3) is 0.381. The van der Waals surface area contributed by atoms with Crippen molar-refractivity contribution in [2.45, 2.75) is 38.3 Å². The molecule has 118 valence electrons. The minimum Gasteiger partial charge on any atom is -0.301 e. The number of nitrogens with one attached hydrogen (secondary N) is 1. The minimum absolute atomic E-state index is 0.0953. The standard InChI is InChI=1S/C21H23NO/c1-21-14-8-13-17(20(21)23)18(15-9-4-2-5-10-15)22-19(21)16-11-6-3-7-12-16/h2-7,9-12,17-19,22H,8,13-14H2,1H3/t17?,18-,19+,21?/m0/s1. The summed E-state index contributed by atoms with van der Waals surface area (Å²) in [7, 11) is 0. The fourth-order valence-corrected chi connectivity index (χ4v) is 4.55. The molecule has 2 heteroatoms. The lowest BCUT2D eigenvalue weighted by Crippen LogP contribution is -2.56. The van der Waals surface area contributed by atoms with Gasteiger partial charge >= 0.3 is 0 Å². The lowest BCUT2D eigenvalue weighted by molar-refractivity contribution is -0.144. The van der Waals surface area contributed by atoms with Gasteiger partial charge in [-0.05, 0) is 24.0 Å². The van der Waals surface area contributed by atoms with Gasteiger partial charge in [0.1, 0.15) is 5.78 Å². The predicted molar refractivity (Wildman–Crippen MR) is 92.0 cm³/mol. The molecule has 2 fully saturated rings. The molecule has 2 aromatic carbocycles. The molecule has 0 amide bonds. The molecule has 2 aliphatic rings. The molecule has 4 rings (SSSR count). The molecule has 1 N–H and O–H groups in total. The van der Waals surface area contributed by atoms with Gasteiger partial charge in [-0.3, -0.25) is 4.79 Å². The summed E-state index contributed by atoms with van der Waals surface area (Å²) in [6.45, 7) is 2.16. The maximum absolute atomic E-state index is 13.3. The van der Waals surface area contributed by atoms with Gasteiger partial charge in [-0.15, -0.1) is 0 Å². The van der Waals surface area contributed by atoms with E-state index >= 15 is 0 Å². The number of Topliss-reactive ketones (excluding diaryl/α,β-unsaturated/α-hetero) is 1. The molecule has 23 heavy (non-hydrogen) atoms. The quantitative estimate of drug-likeness (QED) is 0.888. The van der Waals surface area contributed by atoms with Crippen LogP contribution in [-0.2, 0) is 4.79 Å². The largest absolute Gasteiger partial charge is 0.301 e. The summed E-state index contributed by atoms with van der Waals surface area (Å²) >= 11 is 0. The van der Waals surface area contributed by atoms with Gasteiger partial charge in [-0.2, -0.15) is 0 Å². The smallest absolute Gasteiger partial charge is 0.145 e. The van der Waals surface area contributed by atoms with E-state index in [9.17, 15) is 4.79 Å². The third-order valence-corrected chi connectivity index (χ3v) is 5.79. The first-order chi connectivity index (χ1) is 11.2. The lowest BCUT2D eigenvalue weighted by atomic mass is 9.59. The Kier molecular flexibility index (Phi) is 3.57. The van der Waals surface area contributed by atoms with E-state index in [2.05, 4.69) is 60.8 Å². The number of benzene rings is 2. The van der Waals surface area contributed by atoms with Crippen molar-refractivity contribution in [1.82, 2.24) is 5.32 Å². The van der Waals surface area contributed by atoms with Crippen LogP contribution >= 0.6 is 0 Å². The highest BCUT2D eigenvalue weighted by Crippen LogP contribution is 2.52. The van der Waals surface area contributed by atoms with E-state index in [4.69, 9.17) is 0 Å². The molecule has 0 radical (unpaired) electrons. The van der Waals surface area contributed by atoms with E-state index in [0.29, 0.717) is 5.78 Å². The normalized spacial score (nSPS) is 33.4. The van der Waals surface area contributed by atoms with Crippen molar-refractivity contribution in [3.63, 3.8) is 0 Å². The van der Waals surface area contributed by atoms with E-state index in [0.717, 1.165) is 19.3 Å². The van der Waals surface area contributed by atoms with Crippen molar-refractivity contribution in [2.24, 2.45) is 11.3 Å². The van der Waals surface area contributed by atoms with E-state index in [-0.39, 0.29) is 23.4 Å². The van der Waals surface area contributed by atoms with Gasteiger partial charge in [0.15, 0.2) is 0 Å². The maximum Gasteiger partial charge on any atom is 0.145 e. The second kappa shape index (κ2) is 5.61. The zero-order chi connectivity index (χ0) is 15.9. The Morgan fingerprint density at radius 1 is 0.957 bits per heavy atom. The molecule has 1 aliphatic carbocycles. The van der Waals surface area contributed by atoms with Gasteiger partial charge in [0, 0.05) is 23.4 Å². The van der Waals surface area contributed by atoms with Crippen molar-refractivity contribution in [2.75, 3.05) is 0 Å². The Bertz CT molecular complexity index is 696. The Balaban J connectivity index is 1.78. The molecule has 1 saturated heterocycles. The summed E-state index contributed by atoms with van der Waals surface area (Å²) in [5.74, 6) is 0.557. The van der Waals surface area contributed by atoms with E-state index in [1.54, 1.807) is 0 Å². The van der Waals surface area contributed by atoms with Crippen LogP contribution in [0.2, 0.25) is 0 Å². The molecule has 1 saturated carbocycles. The second-order valence-electron chi connectivity index (χ2n) is 7.18. The van der Waals surface area contributed by atoms with Crippen LogP contribution in [0.15, 0.2) is 60.7 Å². The molecule has 2 aromatic rings. The van der Waals surface area contributed by atoms with Gasteiger partial charge in [0.25, 0.3) is 0 Å². The number of carbonyl (C=O) groups excluding carboxylic acids is 1. The molecule has 2 bridgehead atoms. The molecule has 2 nitrogen and oxygen atoms in total. The van der Waals surface area contributed by atoms with Crippen LogP contribution < -0.4 is 5.32 Å². The number of ketones is 1. The Morgan fingerprint density at radius 3 is 2.22 bits per heavy atom. The number of hydrogen-bond donors (Lipinski definition) is 1. The average Bonchev–Trinajstić information content (AvgIpc) is 2.59. The van der Waals surface area contributed by atoms with Crippen LogP contribution in [0, 0.1) is 11.3 Å². The van der Waals surface area contributed by atoms with Gasteiger partial charge in [0.2, 0.25) is 0 Å². The topological polar surface area (TPSA) is 29.1 Å². The van der Waals surface area contributed by atoms with Gasteiger partial charge in [-0.1, -0.05) is 74.0 Å². The molecule has 0 aromatic heterocycles. The number of carbonyl (C=O) groups is 1. The molecule has 2 unspecified atom stereocenters. The molecular weight excluding hydrogens is 282 g/mol. The SMILES string of the molecule is CC12CCCC(C1=O)[C@H](c1ccccc1)N[C@@H]2c1ccccc1. The third kappa shape index (κ3) is 2.33. The summed E-state index contributed by atoms with van der Waals surface area (Å²) in [4.78, 5) is 13.3. The van der Waals surface area contributed by atoms with Gasteiger partial charge in [-0.25, -0.2) is 0 Å². The Morgan fingerprint density at radius 2 is 1.57 bits per heavy atom.